The molecule has 124 valence electrons. The van der Waals surface area contributed by atoms with Crippen LogP contribution in [0.25, 0.3) is 16.4 Å². The molecule has 2 N–H and O–H groups in total. The Morgan fingerprint density at radius 2 is 2.08 bits per heavy atom. The Bertz CT molecular complexity index is 846. The molecule has 1 unspecified atom stereocenters. The van der Waals surface area contributed by atoms with Gasteiger partial charge in [0, 0.05) is 0 Å². The summed E-state index contributed by atoms with van der Waals surface area (Å²) in [5, 5.41) is 10.7. The molecular formula is C16H16N4O2S2. The van der Waals surface area contributed by atoms with Crippen molar-refractivity contribution in [2.24, 2.45) is 5.73 Å². The van der Waals surface area contributed by atoms with E-state index in [9.17, 15) is 4.79 Å². The van der Waals surface area contributed by atoms with Crippen LogP contribution in [0.4, 0.5) is 0 Å². The lowest BCUT2D eigenvalue weighted by Crippen LogP contribution is -2.23. The number of ether oxygens (including phenoxy) is 1. The molecule has 0 saturated carbocycles. The van der Waals surface area contributed by atoms with Crippen molar-refractivity contribution < 1.29 is 9.53 Å². The van der Waals surface area contributed by atoms with Gasteiger partial charge >= 0.3 is 0 Å². The molecule has 0 saturated heterocycles. The highest BCUT2D eigenvalue weighted by Crippen LogP contribution is 2.35. The molecule has 1 amide bonds. The van der Waals surface area contributed by atoms with E-state index in [1.165, 1.54) is 11.8 Å². The Morgan fingerprint density at radius 3 is 2.75 bits per heavy atom. The van der Waals surface area contributed by atoms with Gasteiger partial charge in [0.1, 0.15) is 5.75 Å². The number of nitrogens with zero attached hydrogens (tertiary/aromatic N) is 3. The molecular weight excluding hydrogens is 344 g/mol. The van der Waals surface area contributed by atoms with Crippen molar-refractivity contribution in [2.75, 3.05) is 7.11 Å². The Morgan fingerprint density at radius 1 is 1.29 bits per heavy atom. The Balaban J connectivity index is 2.16. The van der Waals surface area contributed by atoms with Gasteiger partial charge in [0.15, 0.2) is 11.0 Å². The SMILES string of the molecule is COc1ccccc1-n1c(SC(C)C(N)=O)nnc1-c1cccs1. The van der Waals surface area contributed by atoms with E-state index in [0.717, 1.165) is 10.6 Å². The normalized spacial score (nSPS) is 12.1. The number of para-hydroxylation sites is 2. The van der Waals surface area contributed by atoms with Crippen molar-refractivity contribution in [3.8, 4) is 22.1 Å². The average Bonchev–Trinajstić information content (AvgIpc) is 3.23. The average molecular weight is 360 g/mol. The smallest absolute Gasteiger partial charge is 0.230 e. The molecule has 2 heterocycles. The van der Waals surface area contributed by atoms with Gasteiger partial charge in [0.25, 0.3) is 0 Å². The number of methoxy groups -OCH3 is 1. The monoisotopic (exact) mass is 360 g/mol. The first-order valence-electron chi connectivity index (χ1n) is 7.20. The topological polar surface area (TPSA) is 83.0 Å². The zero-order chi connectivity index (χ0) is 17.1. The lowest BCUT2D eigenvalue weighted by atomic mass is 10.3. The highest BCUT2D eigenvalue weighted by molar-refractivity contribution is 8.00. The van der Waals surface area contributed by atoms with Crippen LogP contribution in [0.3, 0.4) is 0 Å². The molecule has 2 aromatic heterocycles. The van der Waals surface area contributed by atoms with Gasteiger partial charge in [0.2, 0.25) is 5.91 Å². The molecule has 0 aliphatic heterocycles. The molecule has 1 aromatic carbocycles. The first kappa shape index (κ1) is 16.5. The highest BCUT2D eigenvalue weighted by atomic mass is 32.2. The summed E-state index contributed by atoms with van der Waals surface area (Å²) in [6, 6.07) is 11.6. The number of benzene rings is 1. The van der Waals surface area contributed by atoms with Gasteiger partial charge in [-0.1, -0.05) is 30.0 Å². The van der Waals surface area contributed by atoms with Gasteiger partial charge in [-0.25, -0.2) is 0 Å². The van der Waals surface area contributed by atoms with E-state index in [1.54, 1.807) is 25.4 Å². The largest absolute Gasteiger partial charge is 0.495 e. The number of amides is 1. The first-order chi connectivity index (χ1) is 11.6. The van der Waals surface area contributed by atoms with Crippen molar-refractivity contribution in [3.63, 3.8) is 0 Å². The summed E-state index contributed by atoms with van der Waals surface area (Å²) in [6.45, 7) is 1.75. The Kier molecular flexibility index (Phi) is 4.86. The van der Waals surface area contributed by atoms with Crippen molar-refractivity contribution in [1.82, 2.24) is 14.8 Å². The molecule has 0 aliphatic carbocycles. The van der Waals surface area contributed by atoms with Crippen LogP contribution in [0, 0.1) is 0 Å². The first-order valence-corrected chi connectivity index (χ1v) is 8.96. The minimum Gasteiger partial charge on any atom is -0.495 e. The number of carbonyl (C=O) groups is 1. The van der Waals surface area contributed by atoms with Crippen molar-refractivity contribution >= 4 is 29.0 Å². The fourth-order valence-corrected chi connectivity index (χ4v) is 3.67. The van der Waals surface area contributed by atoms with Crippen LogP contribution in [0.15, 0.2) is 46.9 Å². The van der Waals surface area contributed by atoms with E-state index >= 15 is 0 Å². The number of thiophene rings is 1. The van der Waals surface area contributed by atoms with Crippen LogP contribution in [-0.2, 0) is 4.79 Å². The zero-order valence-corrected chi connectivity index (χ0v) is 14.8. The van der Waals surface area contributed by atoms with Gasteiger partial charge < -0.3 is 10.5 Å². The summed E-state index contributed by atoms with van der Waals surface area (Å²) in [4.78, 5) is 12.4. The van der Waals surface area contributed by atoms with Crippen LogP contribution in [0.5, 0.6) is 5.75 Å². The third-order valence-electron chi connectivity index (χ3n) is 3.38. The number of carbonyl (C=O) groups excluding carboxylic acids is 1. The number of thioether (sulfide) groups is 1. The molecule has 6 nitrogen and oxygen atoms in total. The quantitative estimate of drug-likeness (QED) is 0.683. The van der Waals surface area contributed by atoms with Crippen LogP contribution < -0.4 is 10.5 Å². The summed E-state index contributed by atoms with van der Waals surface area (Å²) in [7, 11) is 1.62. The summed E-state index contributed by atoms with van der Waals surface area (Å²) in [6.07, 6.45) is 0. The van der Waals surface area contributed by atoms with Crippen LogP contribution in [-0.4, -0.2) is 33.0 Å². The maximum atomic E-state index is 11.4. The maximum absolute atomic E-state index is 11.4. The number of primary amides is 1. The third-order valence-corrected chi connectivity index (χ3v) is 5.31. The summed E-state index contributed by atoms with van der Waals surface area (Å²) >= 11 is 2.85. The van der Waals surface area contributed by atoms with Gasteiger partial charge in [0.05, 0.1) is 22.9 Å². The lowest BCUT2D eigenvalue weighted by Gasteiger charge is -2.14. The van der Waals surface area contributed by atoms with E-state index in [0.29, 0.717) is 16.7 Å². The number of hydrogen-bond acceptors (Lipinski definition) is 6. The lowest BCUT2D eigenvalue weighted by molar-refractivity contribution is -0.117. The van der Waals surface area contributed by atoms with Gasteiger partial charge in [-0.15, -0.1) is 21.5 Å². The van der Waals surface area contributed by atoms with E-state index < -0.39 is 11.2 Å². The number of nitrogens with two attached hydrogens (primary N) is 1. The van der Waals surface area contributed by atoms with E-state index in [-0.39, 0.29) is 0 Å². The summed E-state index contributed by atoms with van der Waals surface area (Å²) < 4.78 is 7.37. The Hall–Kier alpha value is -2.32. The van der Waals surface area contributed by atoms with Crippen molar-refractivity contribution in [1.29, 1.82) is 0 Å². The fourth-order valence-electron chi connectivity index (χ4n) is 2.16. The number of rotatable bonds is 6. The molecule has 1 atom stereocenters. The summed E-state index contributed by atoms with van der Waals surface area (Å²) in [5.41, 5.74) is 6.20. The Labute approximate surface area is 147 Å². The predicted molar refractivity (Wildman–Crippen MR) is 95.7 cm³/mol. The van der Waals surface area contributed by atoms with Crippen LogP contribution in [0.1, 0.15) is 6.92 Å². The zero-order valence-electron chi connectivity index (χ0n) is 13.2. The molecule has 3 rings (SSSR count). The highest BCUT2D eigenvalue weighted by Gasteiger charge is 2.22. The molecule has 24 heavy (non-hydrogen) atoms. The second-order valence-electron chi connectivity index (χ2n) is 4.95. The second-order valence-corrected chi connectivity index (χ2v) is 7.21. The van der Waals surface area contributed by atoms with Crippen LogP contribution >= 0.6 is 23.1 Å². The number of hydrogen-bond donors (Lipinski definition) is 1. The third kappa shape index (κ3) is 3.15. The van der Waals surface area contributed by atoms with Crippen molar-refractivity contribution in [2.45, 2.75) is 17.3 Å². The minimum atomic E-state index is -0.418. The number of aromatic nitrogens is 3. The molecule has 0 radical (unpaired) electrons. The fraction of sp³-hybridized carbons (Fsp3) is 0.188. The standard InChI is InChI=1S/C16H16N4O2S2/c1-10(14(17)21)24-16-19-18-15(13-8-5-9-23-13)20(16)11-6-3-4-7-12(11)22-2/h3-10H,1-2H3,(H2,17,21). The minimum absolute atomic E-state index is 0.396. The molecule has 0 aliphatic rings. The molecule has 0 spiro atoms. The predicted octanol–water partition coefficient (Wildman–Crippen LogP) is 2.97. The second kappa shape index (κ2) is 7.06. The maximum Gasteiger partial charge on any atom is 0.230 e. The van der Waals surface area contributed by atoms with Crippen LogP contribution in [0.2, 0.25) is 0 Å². The van der Waals surface area contributed by atoms with Gasteiger partial charge in [-0.3, -0.25) is 9.36 Å². The van der Waals surface area contributed by atoms with Gasteiger partial charge in [-0.05, 0) is 30.5 Å². The molecule has 0 fully saturated rings. The van der Waals surface area contributed by atoms with Crippen molar-refractivity contribution in [3.05, 3.63) is 41.8 Å². The molecule has 8 heteroatoms. The molecule has 3 aromatic rings. The summed E-state index contributed by atoms with van der Waals surface area (Å²) in [5.74, 6) is 1.00. The van der Waals surface area contributed by atoms with E-state index in [1.807, 2.05) is 46.3 Å². The van der Waals surface area contributed by atoms with Gasteiger partial charge in [-0.2, -0.15) is 0 Å². The van der Waals surface area contributed by atoms with E-state index in [2.05, 4.69) is 10.2 Å². The molecule has 0 bridgehead atoms. The van der Waals surface area contributed by atoms with E-state index in [4.69, 9.17) is 10.5 Å².